The second-order valence-corrected chi connectivity index (χ2v) is 3.76. The molecule has 3 heteroatoms. The van der Waals surface area contributed by atoms with Crippen molar-refractivity contribution in [3.05, 3.63) is 0 Å². The molecule has 0 aliphatic carbocycles. The van der Waals surface area contributed by atoms with Crippen molar-refractivity contribution in [2.45, 2.75) is 52.2 Å². The molecule has 0 aromatic heterocycles. The SMILES string of the molecule is CCCC(NCC)C(CC)OCCOC. The van der Waals surface area contributed by atoms with Crippen LogP contribution >= 0.6 is 0 Å². The Bertz CT molecular complexity index is 125. The van der Waals surface area contributed by atoms with Crippen LogP contribution in [0, 0.1) is 0 Å². The Morgan fingerprint density at radius 1 is 1.13 bits per heavy atom. The fourth-order valence-corrected chi connectivity index (χ4v) is 1.79. The van der Waals surface area contributed by atoms with Crippen LogP contribution in [0.5, 0.6) is 0 Å². The number of methoxy groups -OCH3 is 1. The summed E-state index contributed by atoms with van der Waals surface area (Å²) in [6, 6.07) is 0.488. The molecule has 0 aromatic carbocycles. The molecule has 0 saturated carbocycles. The summed E-state index contributed by atoms with van der Waals surface area (Å²) in [6.07, 6.45) is 3.75. The van der Waals surface area contributed by atoms with E-state index >= 15 is 0 Å². The van der Waals surface area contributed by atoms with E-state index in [-0.39, 0.29) is 0 Å². The minimum Gasteiger partial charge on any atom is -0.382 e. The first kappa shape index (κ1) is 14.9. The zero-order chi connectivity index (χ0) is 11.5. The van der Waals surface area contributed by atoms with Crippen molar-refractivity contribution in [1.29, 1.82) is 0 Å². The van der Waals surface area contributed by atoms with Crippen LogP contribution in [0.25, 0.3) is 0 Å². The summed E-state index contributed by atoms with van der Waals surface area (Å²) < 4.78 is 10.8. The van der Waals surface area contributed by atoms with Gasteiger partial charge in [-0.15, -0.1) is 0 Å². The standard InChI is InChI=1S/C12H27NO2/c1-5-8-11(13-7-3)12(6-2)15-10-9-14-4/h11-13H,5-10H2,1-4H3. The fraction of sp³-hybridized carbons (Fsp3) is 1.00. The van der Waals surface area contributed by atoms with Gasteiger partial charge in [0.05, 0.1) is 19.3 Å². The van der Waals surface area contributed by atoms with Gasteiger partial charge in [0.25, 0.3) is 0 Å². The van der Waals surface area contributed by atoms with E-state index < -0.39 is 0 Å². The van der Waals surface area contributed by atoms with Gasteiger partial charge in [-0.2, -0.15) is 0 Å². The van der Waals surface area contributed by atoms with Crippen molar-refractivity contribution in [2.24, 2.45) is 0 Å². The number of hydrogen-bond acceptors (Lipinski definition) is 3. The predicted molar refractivity (Wildman–Crippen MR) is 64.3 cm³/mol. The third-order valence-corrected chi connectivity index (χ3v) is 2.54. The third kappa shape index (κ3) is 6.88. The zero-order valence-corrected chi connectivity index (χ0v) is 10.7. The largest absolute Gasteiger partial charge is 0.382 e. The maximum atomic E-state index is 5.81. The van der Waals surface area contributed by atoms with E-state index in [1.165, 1.54) is 12.8 Å². The molecule has 0 aliphatic rings. The highest BCUT2D eigenvalue weighted by atomic mass is 16.5. The first-order chi connectivity index (χ1) is 7.29. The normalized spacial score (nSPS) is 15.2. The Hall–Kier alpha value is -0.120. The fourth-order valence-electron chi connectivity index (χ4n) is 1.79. The lowest BCUT2D eigenvalue weighted by Crippen LogP contribution is -2.41. The van der Waals surface area contributed by atoms with Gasteiger partial charge in [-0.1, -0.05) is 27.2 Å². The van der Waals surface area contributed by atoms with Crippen LogP contribution in [0.4, 0.5) is 0 Å². The Kier molecular flexibility index (Phi) is 10.3. The van der Waals surface area contributed by atoms with Gasteiger partial charge in [0.2, 0.25) is 0 Å². The molecule has 2 unspecified atom stereocenters. The van der Waals surface area contributed by atoms with Gasteiger partial charge in [0.15, 0.2) is 0 Å². The minimum absolute atomic E-state index is 0.319. The van der Waals surface area contributed by atoms with E-state index in [0.29, 0.717) is 25.4 Å². The summed E-state index contributed by atoms with van der Waals surface area (Å²) in [5.41, 5.74) is 0. The molecule has 0 spiro atoms. The van der Waals surface area contributed by atoms with Crippen molar-refractivity contribution in [2.75, 3.05) is 26.9 Å². The van der Waals surface area contributed by atoms with Gasteiger partial charge in [0, 0.05) is 13.2 Å². The molecule has 0 fully saturated rings. The van der Waals surface area contributed by atoms with Crippen LogP contribution in [0.3, 0.4) is 0 Å². The van der Waals surface area contributed by atoms with E-state index in [4.69, 9.17) is 9.47 Å². The van der Waals surface area contributed by atoms with Crippen LogP contribution in [-0.4, -0.2) is 39.0 Å². The molecule has 0 heterocycles. The molecule has 0 amide bonds. The summed E-state index contributed by atoms with van der Waals surface area (Å²) >= 11 is 0. The van der Waals surface area contributed by atoms with E-state index in [2.05, 4.69) is 26.1 Å². The quantitative estimate of drug-likeness (QED) is 0.569. The highest BCUT2D eigenvalue weighted by Gasteiger charge is 2.18. The summed E-state index contributed by atoms with van der Waals surface area (Å²) in [5, 5.41) is 3.50. The number of likely N-dealkylation sites (N-methyl/N-ethyl adjacent to an activating group) is 1. The van der Waals surface area contributed by atoms with Gasteiger partial charge in [-0.05, 0) is 19.4 Å². The smallest absolute Gasteiger partial charge is 0.0726 e. The third-order valence-electron chi connectivity index (χ3n) is 2.54. The second kappa shape index (κ2) is 10.4. The second-order valence-electron chi connectivity index (χ2n) is 3.76. The van der Waals surface area contributed by atoms with Crippen molar-refractivity contribution in [3.63, 3.8) is 0 Å². The summed E-state index contributed by atoms with van der Waals surface area (Å²) in [4.78, 5) is 0. The van der Waals surface area contributed by atoms with Gasteiger partial charge in [-0.25, -0.2) is 0 Å². The number of nitrogens with one attached hydrogen (secondary N) is 1. The molecule has 0 radical (unpaired) electrons. The predicted octanol–water partition coefficient (Wildman–Crippen LogP) is 2.21. The van der Waals surface area contributed by atoms with Gasteiger partial charge in [0.1, 0.15) is 0 Å². The van der Waals surface area contributed by atoms with E-state index in [1.807, 2.05) is 0 Å². The lowest BCUT2D eigenvalue weighted by Gasteiger charge is -2.26. The first-order valence-corrected chi connectivity index (χ1v) is 6.13. The van der Waals surface area contributed by atoms with E-state index in [9.17, 15) is 0 Å². The van der Waals surface area contributed by atoms with Crippen molar-refractivity contribution in [1.82, 2.24) is 5.32 Å². The average Bonchev–Trinajstić information content (AvgIpc) is 2.24. The lowest BCUT2D eigenvalue weighted by molar-refractivity contribution is -0.00507. The summed E-state index contributed by atoms with van der Waals surface area (Å²) in [5.74, 6) is 0. The van der Waals surface area contributed by atoms with Crippen LogP contribution in [0.1, 0.15) is 40.0 Å². The van der Waals surface area contributed by atoms with E-state index in [0.717, 1.165) is 13.0 Å². The molecule has 3 nitrogen and oxygen atoms in total. The summed E-state index contributed by atoms with van der Waals surface area (Å²) in [7, 11) is 1.71. The molecule has 0 rings (SSSR count). The molecule has 0 aliphatic heterocycles. The van der Waals surface area contributed by atoms with Crippen LogP contribution in [0.15, 0.2) is 0 Å². The molecule has 2 atom stereocenters. The molecule has 15 heavy (non-hydrogen) atoms. The topological polar surface area (TPSA) is 30.5 Å². The van der Waals surface area contributed by atoms with Crippen LogP contribution < -0.4 is 5.32 Å². The highest BCUT2D eigenvalue weighted by Crippen LogP contribution is 2.10. The lowest BCUT2D eigenvalue weighted by atomic mass is 10.0. The Morgan fingerprint density at radius 3 is 2.33 bits per heavy atom. The van der Waals surface area contributed by atoms with Gasteiger partial charge >= 0.3 is 0 Å². The Morgan fingerprint density at radius 2 is 1.87 bits per heavy atom. The maximum absolute atomic E-state index is 5.81. The monoisotopic (exact) mass is 217 g/mol. The van der Waals surface area contributed by atoms with Crippen molar-refractivity contribution >= 4 is 0 Å². The van der Waals surface area contributed by atoms with Crippen molar-refractivity contribution < 1.29 is 9.47 Å². The number of rotatable bonds is 10. The number of hydrogen-bond donors (Lipinski definition) is 1. The van der Waals surface area contributed by atoms with Crippen LogP contribution in [-0.2, 0) is 9.47 Å². The first-order valence-electron chi connectivity index (χ1n) is 6.13. The highest BCUT2D eigenvalue weighted by molar-refractivity contribution is 4.75. The molecule has 92 valence electrons. The molecular formula is C12H27NO2. The minimum atomic E-state index is 0.319. The van der Waals surface area contributed by atoms with Gasteiger partial charge < -0.3 is 14.8 Å². The van der Waals surface area contributed by atoms with Crippen molar-refractivity contribution in [3.8, 4) is 0 Å². The Labute approximate surface area is 94.5 Å². The molecule has 1 N–H and O–H groups in total. The summed E-state index contributed by atoms with van der Waals surface area (Å²) in [6.45, 7) is 8.92. The zero-order valence-electron chi connectivity index (χ0n) is 10.7. The Balaban J connectivity index is 3.93. The molecule has 0 bridgehead atoms. The number of ether oxygens (including phenoxy) is 2. The molecular weight excluding hydrogens is 190 g/mol. The van der Waals surface area contributed by atoms with Crippen LogP contribution in [0.2, 0.25) is 0 Å². The van der Waals surface area contributed by atoms with E-state index in [1.54, 1.807) is 7.11 Å². The average molecular weight is 217 g/mol. The van der Waals surface area contributed by atoms with Gasteiger partial charge in [-0.3, -0.25) is 0 Å². The molecule has 0 aromatic rings. The maximum Gasteiger partial charge on any atom is 0.0726 e. The molecule has 0 saturated heterocycles.